The van der Waals surface area contributed by atoms with E-state index in [4.69, 9.17) is 14.9 Å². The van der Waals surface area contributed by atoms with E-state index in [1.807, 2.05) is 0 Å². The summed E-state index contributed by atoms with van der Waals surface area (Å²) in [5, 5.41) is 27.5. The molecule has 0 aliphatic carbocycles. The molecular weight excluding hydrogens is 495 g/mol. The highest BCUT2D eigenvalue weighted by Crippen LogP contribution is 2.43. The largest absolute Gasteiger partial charge is 0.472 e. The molecule has 222 valence electrons. The third-order valence-electron chi connectivity index (χ3n) is 6.18. The summed E-state index contributed by atoms with van der Waals surface area (Å²) < 4.78 is 26.1. The Hall–Kier alpha value is -0.310. The summed E-state index contributed by atoms with van der Waals surface area (Å²) in [6.07, 6.45) is 25.5. The van der Waals surface area contributed by atoms with Crippen LogP contribution in [0.3, 0.4) is 0 Å². The molecule has 8 nitrogen and oxygen atoms in total. The maximum atomic E-state index is 11.6. The van der Waals surface area contributed by atoms with Crippen molar-refractivity contribution in [1.29, 1.82) is 0 Å². The third-order valence-corrected chi connectivity index (χ3v) is 7.13. The van der Waals surface area contributed by atoms with E-state index in [9.17, 15) is 14.6 Å². The highest BCUT2D eigenvalue weighted by atomic mass is 31.2. The minimum Gasteiger partial charge on any atom is -0.394 e. The zero-order valence-electron chi connectivity index (χ0n) is 23.4. The molecule has 0 aromatic heterocycles. The molecule has 37 heavy (non-hydrogen) atoms. The molecule has 0 bridgehead atoms. The van der Waals surface area contributed by atoms with Gasteiger partial charge in [-0.05, 0) is 32.1 Å². The van der Waals surface area contributed by atoms with Gasteiger partial charge in [0.1, 0.15) is 12.2 Å². The summed E-state index contributed by atoms with van der Waals surface area (Å²) in [6, 6.07) is 0. The number of hydrogen-bond donors (Lipinski definition) is 4. The fraction of sp³-hybridized carbons (Fsp3) is 0.929. The smallest absolute Gasteiger partial charge is 0.394 e. The van der Waals surface area contributed by atoms with Crippen LogP contribution in [0.25, 0.3) is 0 Å². The Morgan fingerprint density at radius 3 is 1.57 bits per heavy atom. The first kappa shape index (κ1) is 36.7. The normalized spacial score (nSPS) is 15.3. The second kappa shape index (κ2) is 27.3. The van der Waals surface area contributed by atoms with Gasteiger partial charge in [0.05, 0.1) is 26.4 Å². The summed E-state index contributed by atoms with van der Waals surface area (Å²) in [5.74, 6) is 0. The average Bonchev–Trinajstić information content (AvgIpc) is 2.89. The lowest BCUT2D eigenvalue weighted by molar-refractivity contribution is -0.00437. The summed E-state index contributed by atoms with van der Waals surface area (Å²) in [5.41, 5.74) is 0. The molecule has 3 atom stereocenters. The van der Waals surface area contributed by atoms with Gasteiger partial charge in [0, 0.05) is 6.61 Å². The fourth-order valence-electron chi connectivity index (χ4n) is 3.88. The second-order valence-electron chi connectivity index (χ2n) is 9.98. The van der Waals surface area contributed by atoms with Gasteiger partial charge >= 0.3 is 7.82 Å². The lowest BCUT2D eigenvalue weighted by Gasteiger charge is -2.16. The van der Waals surface area contributed by atoms with Crippen LogP contribution < -0.4 is 0 Å². The van der Waals surface area contributed by atoms with Crippen molar-refractivity contribution in [3.05, 3.63) is 12.2 Å². The number of phosphoric ester groups is 1. The zero-order valence-corrected chi connectivity index (χ0v) is 24.3. The highest BCUT2D eigenvalue weighted by Gasteiger charge is 2.24. The molecule has 0 aromatic rings. The first-order chi connectivity index (χ1) is 17.9. The molecule has 0 radical (unpaired) electrons. The lowest BCUT2D eigenvalue weighted by atomic mass is 10.1. The van der Waals surface area contributed by atoms with Crippen LogP contribution in [0.2, 0.25) is 0 Å². The second-order valence-corrected chi connectivity index (χ2v) is 11.4. The fourth-order valence-corrected chi connectivity index (χ4v) is 4.67. The van der Waals surface area contributed by atoms with E-state index >= 15 is 0 Å². The van der Waals surface area contributed by atoms with Crippen LogP contribution in [0.15, 0.2) is 12.2 Å². The number of aliphatic hydroxyl groups is 3. The molecule has 4 N–H and O–H groups in total. The van der Waals surface area contributed by atoms with Gasteiger partial charge in [-0.1, -0.05) is 103 Å². The topological polar surface area (TPSA) is 126 Å². The molecule has 0 aromatic carbocycles. The monoisotopic (exact) mass is 552 g/mol. The van der Waals surface area contributed by atoms with E-state index in [2.05, 4.69) is 28.1 Å². The summed E-state index contributed by atoms with van der Waals surface area (Å²) in [6.45, 7) is 1.26. The number of hydrogen-bond acceptors (Lipinski definition) is 7. The molecule has 0 aliphatic rings. The van der Waals surface area contributed by atoms with E-state index in [0.717, 1.165) is 12.8 Å². The quantitative estimate of drug-likeness (QED) is 0.0474. The average molecular weight is 553 g/mol. The minimum atomic E-state index is -4.38. The van der Waals surface area contributed by atoms with Crippen molar-refractivity contribution in [2.24, 2.45) is 0 Å². The van der Waals surface area contributed by atoms with E-state index in [-0.39, 0.29) is 6.61 Å². The van der Waals surface area contributed by atoms with Gasteiger partial charge < -0.3 is 24.9 Å². The third kappa shape index (κ3) is 28.5. The van der Waals surface area contributed by atoms with Crippen molar-refractivity contribution in [3.8, 4) is 0 Å². The molecule has 0 fully saturated rings. The zero-order chi connectivity index (χ0) is 27.5. The summed E-state index contributed by atoms with van der Waals surface area (Å²) >= 11 is 0. The number of phosphoric acid groups is 1. The number of unbranched alkanes of at least 4 members (excludes halogenated alkanes) is 16. The Bertz CT molecular complexity index is 546. The SMILES string of the molecule is CCCCCCCC/C=C\CCCCCCCCCCCCOCC(O)COP(=O)(O)OCC(O)CO. The van der Waals surface area contributed by atoms with Crippen molar-refractivity contribution in [1.82, 2.24) is 0 Å². The van der Waals surface area contributed by atoms with Crippen LogP contribution in [0.1, 0.15) is 122 Å². The molecule has 3 unspecified atom stereocenters. The van der Waals surface area contributed by atoms with Crippen molar-refractivity contribution in [2.45, 2.75) is 135 Å². The Morgan fingerprint density at radius 1 is 0.649 bits per heavy atom. The lowest BCUT2D eigenvalue weighted by Crippen LogP contribution is -2.23. The first-order valence-corrected chi connectivity index (χ1v) is 16.2. The van der Waals surface area contributed by atoms with Crippen LogP contribution >= 0.6 is 7.82 Å². The molecule has 0 rings (SSSR count). The standard InChI is InChI=1S/C28H57O8P/c1-2-3-4-5-6-7-8-9-10-11-12-13-14-15-16-17-18-19-20-21-22-34-24-28(31)26-36-37(32,33)35-25-27(30)23-29/h9-10,27-31H,2-8,11-26H2,1H3,(H,32,33)/b10-9-. The highest BCUT2D eigenvalue weighted by molar-refractivity contribution is 7.47. The molecular formula is C28H57O8P. The van der Waals surface area contributed by atoms with Crippen LogP contribution in [-0.2, 0) is 18.3 Å². The molecule has 0 heterocycles. The van der Waals surface area contributed by atoms with E-state index in [1.54, 1.807) is 0 Å². The van der Waals surface area contributed by atoms with Gasteiger partial charge in [0.15, 0.2) is 0 Å². The summed E-state index contributed by atoms with van der Waals surface area (Å²) in [4.78, 5) is 9.42. The van der Waals surface area contributed by atoms with Gasteiger partial charge in [-0.25, -0.2) is 4.57 Å². The van der Waals surface area contributed by atoms with Gasteiger partial charge in [-0.15, -0.1) is 0 Å². The summed E-state index contributed by atoms with van der Waals surface area (Å²) in [7, 11) is -4.38. The molecule has 0 aliphatic heterocycles. The van der Waals surface area contributed by atoms with Gasteiger partial charge in [0.2, 0.25) is 0 Å². The first-order valence-electron chi connectivity index (χ1n) is 14.7. The number of ether oxygens (including phenoxy) is 1. The minimum absolute atomic E-state index is 0.00812. The van der Waals surface area contributed by atoms with Crippen molar-refractivity contribution in [2.75, 3.05) is 33.0 Å². The molecule has 0 spiro atoms. The number of allylic oxidation sites excluding steroid dienone is 2. The van der Waals surface area contributed by atoms with E-state index in [1.165, 1.54) is 103 Å². The Kier molecular flexibility index (Phi) is 27.0. The number of rotatable bonds is 29. The Labute approximate surface area is 226 Å². The number of aliphatic hydroxyl groups excluding tert-OH is 3. The van der Waals surface area contributed by atoms with Gasteiger partial charge in [0.25, 0.3) is 0 Å². The van der Waals surface area contributed by atoms with Gasteiger partial charge in [-0.3, -0.25) is 9.05 Å². The van der Waals surface area contributed by atoms with Crippen LogP contribution in [0.5, 0.6) is 0 Å². The molecule has 0 amide bonds. The molecule has 0 saturated carbocycles. The van der Waals surface area contributed by atoms with E-state index in [0.29, 0.717) is 6.61 Å². The van der Waals surface area contributed by atoms with Crippen LogP contribution in [0.4, 0.5) is 0 Å². The Morgan fingerprint density at radius 2 is 1.08 bits per heavy atom. The van der Waals surface area contributed by atoms with E-state index < -0.39 is 39.9 Å². The molecule has 9 heteroatoms. The molecule has 0 saturated heterocycles. The maximum absolute atomic E-state index is 11.6. The predicted molar refractivity (Wildman–Crippen MR) is 150 cm³/mol. The van der Waals surface area contributed by atoms with Crippen molar-refractivity contribution >= 4 is 7.82 Å². The Balaban J connectivity index is 3.33. The van der Waals surface area contributed by atoms with Crippen LogP contribution in [0, 0.1) is 0 Å². The predicted octanol–water partition coefficient (Wildman–Crippen LogP) is 6.45. The van der Waals surface area contributed by atoms with Crippen molar-refractivity contribution < 1.29 is 38.6 Å². The van der Waals surface area contributed by atoms with Crippen molar-refractivity contribution in [3.63, 3.8) is 0 Å². The van der Waals surface area contributed by atoms with Crippen LogP contribution in [-0.4, -0.2) is 65.5 Å². The maximum Gasteiger partial charge on any atom is 0.472 e. The van der Waals surface area contributed by atoms with Gasteiger partial charge in [-0.2, -0.15) is 0 Å².